The van der Waals surface area contributed by atoms with Gasteiger partial charge < -0.3 is 5.73 Å². The first-order valence-corrected chi connectivity index (χ1v) is 3.32. The molecule has 64 valence electrons. The maximum absolute atomic E-state index is 11.1. The lowest BCUT2D eigenvalue weighted by molar-refractivity contribution is -0.133. The van der Waals surface area contributed by atoms with Gasteiger partial charge in [0.25, 0.3) is 11.8 Å². The number of carbonyl (C=O) groups is 3. The Morgan fingerprint density at radius 1 is 1.17 bits per heavy atom. The molecule has 0 aromatic heterocycles. The van der Waals surface area contributed by atoms with Gasteiger partial charge in [0, 0.05) is 11.1 Å². The lowest BCUT2D eigenvalue weighted by atomic mass is 10.2. The molecule has 0 fully saturated rings. The van der Waals surface area contributed by atoms with Crippen LogP contribution in [0, 0.1) is 0 Å². The Labute approximate surface area is 68.8 Å². The Morgan fingerprint density at radius 2 is 1.50 bits per heavy atom. The molecule has 1 rings (SSSR count). The third-order valence-corrected chi connectivity index (χ3v) is 1.83. The van der Waals surface area contributed by atoms with Gasteiger partial charge in [0.05, 0.1) is 0 Å². The molecule has 0 aromatic rings. The van der Waals surface area contributed by atoms with Crippen LogP contribution in [0.5, 0.6) is 0 Å². The van der Waals surface area contributed by atoms with E-state index in [1.54, 1.807) is 0 Å². The van der Waals surface area contributed by atoms with Crippen LogP contribution in [0.4, 0.5) is 4.79 Å². The predicted octanol–water partition coefficient (Wildman–Crippen LogP) is -0.230. The number of rotatable bonds is 0. The summed E-state index contributed by atoms with van der Waals surface area (Å²) in [5.41, 5.74) is 5.38. The third kappa shape index (κ3) is 0.903. The molecule has 0 unspecified atom stereocenters. The molecule has 5 heteroatoms. The van der Waals surface area contributed by atoms with Gasteiger partial charge in [-0.1, -0.05) is 0 Å². The van der Waals surface area contributed by atoms with E-state index < -0.39 is 17.8 Å². The van der Waals surface area contributed by atoms with Gasteiger partial charge in [-0.25, -0.2) is 4.79 Å². The smallest absolute Gasteiger partial charge is 0.328 e. The van der Waals surface area contributed by atoms with E-state index in [9.17, 15) is 14.4 Å². The lowest BCUT2D eigenvalue weighted by Gasteiger charge is -2.07. The quantitative estimate of drug-likeness (QED) is 0.507. The van der Waals surface area contributed by atoms with Crippen molar-refractivity contribution < 1.29 is 14.4 Å². The molecule has 1 heterocycles. The number of hydrogen-bond donors (Lipinski definition) is 1. The minimum Gasteiger partial charge on any atom is -0.351 e. The molecule has 0 spiro atoms. The van der Waals surface area contributed by atoms with E-state index >= 15 is 0 Å². The van der Waals surface area contributed by atoms with Crippen molar-refractivity contribution in [2.24, 2.45) is 5.73 Å². The zero-order valence-electron chi connectivity index (χ0n) is 6.75. The van der Waals surface area contributed by atoms with Gasteiger partial charge in [-0.15, -0.1) is 0 Å². The van der Waals surface area contributed by atoms with Crippen LogP contribution in [0.1, 0.15) is 13.8 Å². The normalized spacial score (nSPS) is 17.7. The van der Waals surface area contributed by atoms with E-state index in [0.29, 0.717) is 4.90 Å². The van der Waals surface area contributed by atoms with Gasteiger partial charge in [0.15, 0.2) is 0 Å². The van der Waals surface area contributed by atoms with Crippen LogP contribution in [0.2, 0.25) is 0 Å². The highest BCUT2D eigenvalue weighted by Gasteiger charge is 2.36. The summed E-state index contributed by atoms with van der Waals surface area (Å²) in [6.45, 7) is 2.97. The largest absolute Gasteiger partial charge is 0.351 e. The van der Waals surface area contributed by atoms with Crippen molar-refractivity contribution in [2.45, 2.75) is 13.8 Å². The van der Waals surface area contributed by atoms with Crippen molar-refractivity contribution in [1.29, 1.82) is 0 Å². The SMILES string of the molecule is CC1=C(C)C(=O)N(C(N)=O)C1=O. The average molecular weight is 168 g/mol. The van der Waals surface area contributed by atoms with E-state index in [-0.39, 0.29) is 11.1 Å². The molecular weight excluding hydrogens is 160 g/mol. The second-order valence-electron chi connectivity index (χ2n) is 2.53. The van der Waals surface area contributed by atoms with Crippen molar-refractivity contribution in [1.82, 2.24) is 4.90 Å². The summed E-state index contributed by atoms with van der Waals surface area (Å²) in [6.07, 6.45) is 0. The summed E-state index contributed by atoms with van der Waals surface area (Å²) in [5.74, 6) is -1.24. The van der Waals surface area contributed by atoms with Crippen molar-refractivity contribution >= 4 is 17.8 Å². The Balaban J connectivity index is 3.12. The van der Waals surface area contributed by atoms with E-state index in [4.69, 9.17) is 5.73 Å². The topological polar surface area (TPSA) is 80.5 Å². The first-order chi connectivity index (χ1) is 5.46. The Kier molecular flexibility index (Phi) is 1.72. The number of nitrogens with two attached hydrogens (primary N) is 1. The monoisotopic (exact) mass is 168 g/mol. The molecule has 1 aliphatic rings. The Bertz CT molecular complexity index is 293. The minimum atomic E-state index is -1.03. The van der Waals surface area contributed by atoms with Crippen LogP contribution in [0.15, 0.2) is 11.1 Å². The Hall–Kier alpha value is -1.65. The van der Waals surface area contributed by atoms with Gasteiger partial charge in [0.1, 0.15) is 0 Å². The van der Waals surface area contributed by atoms with Crippen LogP contribution in [-0.4, -0.2) is 22.7 Å². The summed E-state index contributed by atoms with van der Waals surface area (Å²) >= 11 is 0. The first-order valence-electron chi connectivity index (χ1n) is 3.32. The molecule has 0 saturated carbocycles. The molecule has 2 N–H and O–H groups in total. The molecule has 0 atom stereocenters. The van der Waals surface area contributed by atoms with Gasteiger partial charge in [-0.3, -0.25) is 9.59 Å². The number of hydrogen-bond acceptors (Lipinski definition) is 3. The van der Waals surface area contributed by atoms with Crippen LogP contribution in [-0.2, 0) is 9.59 Å². The molecular formula is C7H8N2O3. The van der Waals surface area contributed by atoms with Gasteiger partial charge in [0.2, 0.25) is 0 Å². The fourth-order valence-electron chi connectivity index (χ4n) is 0.949. The molecule has 0 bridgehead atoms. The van der Waals surface area contributed by atoms with E-state index in [1.165, 1.54) is 13.8 Å². The molecule has 0 radical (unpaired) electrons. The molecule has 5 nitrogen and oxygen atoms in total. The molecule has 0 saturated heterocycles. The number of amides is 4. The summed E-state index contributed by atoms with van der Waals surface area (Å²) in [4.78, 5) is 33.3. The van der Waals surface area contributed by atoms with Gasteiger partial charge in [-0.2, -0.15) is 4.90 Å². The van der Waals surface area contributed by atoms with E-state index in [2.05, 4.69) is 0 Å². The van der Waals surface area contributed by atoms with Crippen LogP contribution in [0.25, 0.3) is 0 Å². The summed E-state index contributed by atoms with van der Waals surface area (Å²) in [7, 11) is 0. The van der Waals surface area contributed by atoms with Crippen LogP contribution < -0.4 is 5.73 Å². The highest BCUT2D eigenvalue weighted by Crippen LogP contribution is 2.18. The number of nitrogens with zero attached hydrogens (tertiary/aromatic N) is 1. The zero-order chi connectivity index (χ0) is 9.46. The summed E-state index contributed by atoms with van der Waals surface area (Å²) in [6, 6.07) is -1.03. The van der Waals surface area contributed by atoms with E-state index in [1.807, 2.05) is 0 Å². The van der Waals surface area contributed by atoms with Crippen LogP contribution in [0.3, 0.4) is 0 Å². The van der Waals surface area contributed by atoms with Crippen molar-refractivity contribution in [2.75, 3.05) is 0 Å². The maximum Gasteiger partial charge on any atom is 0.328 e. The first kappa shape index (κ1) is 8.45. The maximum atomic E-state index is 11.1. The number of primary amides is 1. The van der Waals surface area contributed by atoms with Crippen LogP contribution >= 0.6 is 0 Å². The van der Waals surface area contributed by atoms with E-state index in [0.717, 1.165) is 0 Å². The molecule has 0 aliphatic carbocycles. The molecule has 0 aromatic carbocycles. The third-order valence-electron chi connectivity index (χ3n) is 1.83. The van der Waals surface area contributed by atoms with Crippen molar-refractivity contribution in [3.05, 3.63) is 11.1 Å². The van der Waals surface area contributed by atoms with Crippen molar-refractivity contribution in [3.63, 3.8) is 0 Å². The second kappa shape index (κ2) is 2.44. The number of carbonyl (C=O) groups excluding carboxylic acids is 3. The fraction of sp³-hybridized carbons (Fsp3) is 0.286. The standard InChI is InChI=1S/C7H8N2O3/c1-3-4(2)6(11)9(5(3)10)7(8)12/h1-2H3,(H2,8,12). The lowest BCUT2D eigenvalue weighted by Crippen LogP contribution is -2.41. The highest BCUT2D eigenvalue weighted by molar-refractivity contribution is 6.26. The van der Waals surface area contributed by atoms with Crippen molar-refractivity contribution in [3.8, 4) is 0 Å². The summed E-state index contributed by atoms with van der Waals surface area (Å²) < 4.78 is 0. The van der Waals surface area contributed by atoms with Gasteiger partial charge in [-0.05, 0) is 13.8 Å². The number of urea groups is 1. The molecule has 4 amide bonds. The fourth-order valence-corrected chi connectivity index (χ4v) is 0.949. The highest BCUT2D eigenvalue weighted by atomic mass is 16.2. The van der Waals surface area contributed by atoms with Gasteiger partial charge >= 0.3 is 6.03 Å². The number of imide groups is 3. The second-order valence-corrected chi connectivity index (χ2v) is 2.53. The zero-order valence-corrected chi connectivity index (χ0v) is 6.75. The average Bonchev–Trinajstić information content (AvgIpc) is 2.16. The molecule has 1 aliphatic heterocycles. The Morgan fingerprint density at radius 3 is 1.67 bits per heavy atom. The summed E-state index contributed by atoms with van der Waals surface area (Å²) in [5, 5.41) is 0. The molecule has 12 heavy (non-hydrogen) atoms. The minimum absolute atomic E-state index is 0.277. The predicted molar refractivity (Wildman–Crippen MR) is 39.8 cm³/mol.